The first-order valence-electron chi connectivity index (χ1n) is 9.64. The third-order valence-electron chi connectivity index (χ3n) is 5.09. The fraction of sp³-hybridized carbons (Fsp3) is 0.286. The number of halogens is 1. The predicted molar refractivity (Wildman–Crippen MR) is 124 cm³/mol. The quantitative estimate of drug-likeness (QED) is 0.425. The van der Waals surface area contributed by atoms with E-state index in [-0.39, 0.29) is 5.91 Å². The van der Waals surface area contributed by atoms with Crippen LogP contribution in [0.1, 0.15) is 4.88 Å². The summed E-state index contributed by atoms with van der Waals surface area (Å²) in [5.74, 6) is 0.867. The van der Waals surface area contributed by atoms with Gasteiger partial charge in [0.1, 0.15) is 0 Å². The van der Waals surface area contributed by atoms with Crippen molar-refractivity contribution in [1.82, 2.24) is 24.1 Å². The summed E-state index contributed by atoms with van der Waals surface area (Å²) in [6, 6.07) is 11.6. The number of benzene rings is 1. The van der Waals surface area contributed by atoms with Crippen LogP contribution in [0.2, 0.25) is 5.02 Å². The van der Waals surface area contributed by atoms with Gasteiger partial charge in [0.2, 0.25) is 5.91 Å². The zero-order valence-electron chi connectivity index (χ0n) is 16.6. The van der Waals surface area contributed by atoms with Crippen molar-refractivity contribution in [2.45, 2.75) is 6.67 Å². The number of nitrogens with zero attached hydrogens (tertiary/aromatic N) is 5. The van der Waals surface area contributed by atoms with Crippen LogP contribution in [-0.2, 0) is 18.5 Å². The third kappa shape index (κ3) is 4.73. The Balaban J connectivity index is 1.37. The fourth-order valence-electron chi connectivity index (χ4n) is 3.37. The molecule has 3 heterocycles. The monoisotopic (exact) mass is 459 g/mol. The molecule has 0 atom stereocenters. The van der Waals surface area contributed by atoms with Crippen molar-refractivity contribution in [3.63, 3.8) is 0 Å². The summed E-state index contributed by atoms with van der Waals surface area (Å²) >= 11 is 13.2. The minimum atomic E-state index is 0.0579. The van der Waals surface area contributed by atoms with E-state index in [9.17, 15) is 4.79 Å². The van der Waals surface area contributed by atoms with Crippen molar-refractivity contribution < 1.29 is 4.79 Å². The number of carbonyl (C=O) groups excluding carboxylic acids is 1. The van der Waals surface area contributed by atoms with Crippen molar-refractivity contribution in [1.29, 1.82) is 0 Å². The van der Waals surface area contributed by atoms with Crippen LogP contribution in [0.5, 0.6) is 0 Å². The molecule has 0 radical (unpaired) electrons. The lowest BCUT2D eigenvalue weighted by Gasteiger charge is -2.33. The van der Waals surface area contributed by atoms with Crippen LogP contribution in [0.4, 0.5) is 0 Å². The Kier molecular flexibility index (Phi) is 6.48. The SMILES string of the molecule is Cn1c(-c2ccc(Cl)cc2)nn(CN2CCN(C(=O)C=Cc3cccs3)CC2)c1=S. The summed E-state index contributed by atoms with van der Waals surface area (Å²) in [5.41, 5.74) is 0.972. The Morgan fingerprint density at radius 2 is 1.93 bits per heavy atom. The lowest BCUT2D eigenvalue weighted by atomic mass is 10.2. The molecule has 1 amide bonds. The number of piperazine rings is 1. The number of carbonyl (C=O) groups is 1. The Hall–Kier alpha value is -2.26. The number of hydrogen-bond acceptors (Lipinski definition) is 5. The fourth-order valence-corrected chi connectivity index (χ4v) is 4.30. The van der Waals surface area contributed by atoms with E-state index in [1.165, 1.54) is 0 Å². The first kappa shape index (κ1) is 21.0. The number of rotatable bonds is 5. The second-order valence-corrected chi connectivity index (χ2v) is 8.89. The van der Waals surface area contributed by atoms with Gasteiger partial charge in [0.25, 0.3) is 0 Å². The summed E-state index contributed by atoms with van der Waals surface area (Å²) < 4.78 is 4.42. The molecule has 156 valence electrons. The first-order chi connectivity index (χ1) is 14.5. The number of thiophene rings is 1. The van der Waals surface area contributed by atoms with Crippen molar-refractivity contribution in [2.75, 3.05) is 26.2 Å². The van der Waals surface area contributed by atoms with E-state index in [4.69, 9.17) is 28.9 Å². The maximum Gasteiger partial charge on any atom is 0.246 e. The molecule has 0 aliphatic carbocycles. The van der Waals surface area contributed by atoms with Gasteiger partial charge in [-0.3, -0.25) is 9.69 Å². The van der Waals surface area contributed by atoms with Gasteiger partial charge in [0.05, 0.1) is 6.67 Å². The molecule has 30 heavy (non-hydrogen) atoms. The van der Waals surface area contributed by atoms with Gasteiger partial charge in [-0.1, -0.05) is 17.7 Å². The maximum absolute atomic E-state index is 12.4. The average Bonchev–Trinajstić information content (AvgIpc) is 3.37. The zero-order valence-corrected chi connectivity index (χ0v) is 19.0. The van der Waals surface area contributed by atoms with E-state index in [0.29, 0.717) is 29.6 Å². The minimum absolute atomic E-state index is 0.0579. The lowest BCUT2D eigenvalue weighted by Crippen LogP contribution is -2.48. The summed E-state index contributed by atoms with van der Waals surface area (Å²) in [6.45, 7) is 3.56. The number of hydrogen-bond donors (Lipinski definition) is 0. The predicted octanol–water partition coefficient (Wildman–Crippen LogP) is 4.15. The first-order valence-corrected chi connectivity index (χ1v) is 11.3. The molecule has 0 unspecified atom stereocenters. The highest BCUT2D eigenvalue weighted by Crippen LogP contribution is 2.20. The molecule has 1 fully saturated rings. The molecule has 9 heteroatoms. The van der Waals surface area contributed by atoms with Gasteiger partial charge in [-0.15, -0.1) is 11.3 Å². The van der Waals surface area contributed by atoms with Crippen molar-refractivity contribution >= 4 is 47.1 Å². The summed E-state index contributed by atoms with van der Waals surface area (Å²) in [7, 11) is 1.92. The van der Waals surface area contributed by atoms with Crippen molar-refractivity contribution in [3.8, 4) is 11.4 Å². The molecule has 3 aromatic rings. The minimum Gasteiger partial charge on any atom is -0.337 e. The third-order valence-corrected chi connectivity index (χ3v) is 6.67. The van der Waals surface area contributed by atoms with E-state index in [1.54, 1.807) is 17.4 Å². The van der Waals surface area contributed by atoms with Crippen LogP contribution in [0.25, 0.3) is 17.5 Å². The summed E-state index contributed by atoms with van der Waals surface area (Å²) in [6.07, 6.45) is 3.54. The van der Waals surface area contributed by atoms with Crippen LogP contribution < -0.4 is 0 Å². The highest BCUT2D eigenvalue weighted by atomic mass is 35.5. The van der Waals surface area contributed by atoms with E-state index in [0.717, 1.165) is 29.4 Å². The molecule has 0 saturated carbocycles. The molecule has 1 aliphatic rings. The molecular weight excluding hydrogens is 438 g/mol. The van der Waals surface area contributed by atoms with E-state index < -0.39 is 0 Å². The van der Waals surface area contributed by atoms with Crippen LogP contribution in [0.3, 0.4) is 0 Å². The Morgan fingerprint density at radius 3 is 2.60 bits per heavy atom. The van der Waals surface area contributed by atoms with Crippen LogP contribution in [0, 0.1) is 4.77 Å². The largest absolute Gasteiger partial charge is 0.337 e. The highest BCUT2D eigenvalue weighted by Gasteiger charge is 2.21. The molecule has 1 aliphatic heterocycles. The van der Waals surface area contributed by atoms with Gasteiger partial charge in [-0.2, -0.15) is 5.10 Å². The number of aromatic nitrogens is 3. The maximum atomic E-state index is 12.4. The standard InChI is InChI=1S/C21H22ClN5OS2/c1-24-20(16-4-6-17(22)7-5-16)23-27(21(24)29)15-25-10-12-26(13-11-25)19(28)9-8-18-3-2-14-30-18/h2-9,14H,10-13,15H2,1H3. The molecule has 6 nitrogen and oxygen atoms in total. The Labute approximate surface area is 189 Å². The van der Waals surface area contributed by atoms with Gasteiger partial charge >= 0.3 is 0 Å². The molecule has 1 aromatic carbocycles. The van der Waals surface area contributed by atoms with E-state index in [2.05, 4.69) is 4.90 Å². The average molecular weight is 460 g/mol. The molecule has 0 spiro atoms. The smallest absolute Gasteiger partial charge is 0.246 e. The molecule has 1 saturated heterocycles. The van der Waals surface area contributed by atoms with E-state index in [1.807, 2.05) is 69.1 Å². The summed E-state index contributed by atoms with van der Waals surface area (Å²) in [5, 5.41) is 7.41. The van der Waals surface area contributed by atoms with Crippen LogP contribution in [0.15, 0.2) is 47.9 Å². The molecule has 0 bridgehead atoms. The molecular formula is C21H22ClN5OS2. The van der Waals surface area contributed by atoms with Crippen LogP contribution >= 0.6 is 35.2 Å². The van der Waals surface area contributed by atoms with Crippen LogP contribution in [-0.4, -0.2) is 56.2 Å². The van der Waals surface area contributed by atoms with E-state index >= 15 is 0 Å². The Morgan fingerprint density at radius 1 is 1.20 bits per heavy atom. The topological polar surface area (TPSA) is 46.3 Å². The van der Waals surface area contributed by atoms with Crippen molar-refractivity contribution in [2.24, 2.45) is 7.05 Å². The summed E-state index contributed by atoms with van der Waals surface area (Å²) in [4.78, 5) is 17.7. The van der Waals surface area contributed by atoms with Gasteiger partial charge in [0.15, 0.2) is 10.6 Å². The zero-order chi connectivity index (χ0) is 21.1. The molecule has 0 N–H and O–H groups in total. The lowest BCUT2D eigenvalue weighted by molar-refractivity contribution is -0.127. The van der Waals surface area contributed by atoms with Crippen molar-refractivity contribution in [3.05, 3.63) is 62.5 Å². The molecule has 4 rings (SSSR count). The second-order valence-electron chi connectivity index (χ2n) is 7.11. The molecule has 2 aromatic heterocycles. The normalized spacial score (nSPS) is 15.2. The second kappa shape index (κ2) is 9.26. The van der Waals surface area contributed by atoms with Gasteiger partial charge in [-0.25, -0.2) is 4.68 Å². The number of amides is 1. The Bertz CT molecular complexity index is 1090. The van der Waals surface area contributed by atoms with Gasteiger partial charge in [-0.05, 0) is 54.0 Å². The van der Waals surface area contributed by atoms with Gasteiger partial charge < -0.3 is 9.47 Å². The highest BCUT2D eigenvalue weighted by molar-refractivity contribution is 7.71. The van der Waals surface area contributed by atoms with Gasteiger partial charge in [0, 0.05) is 54.8 Å².